The third kappa shape index (κ3) is 6.78. The Labute approximate surface area is 218 Å². The lowest BCUT2D eigenvalue weighted by atomic mass is 9.85. The number of carbonyl (C=O) groups excluding carboxylic acids is 2. The van der Waals surface area contributed by atoms with E-state index in [1.54, 1.807) is 23.7 Å². The maximum Gasteiger partial charge on any atom is 0.409 e. The highest BCUT2D eigenvalue weighted by atomic mass is 16.6. The van der Waals surface area contributed by atoms with Gasteiger partial charge in [-0.25, -0.2) is 14.5 Å². The van der Waals surface area contributed by atoms with Gasteiger partial charge in [-0.15, -0.1) is 5.10 Å². The number of nitrogens with zero attached hydrogens (tertiary/aromatic N) is 5. The summed E-state index contributed by atoms with van der Waals surface area (Å²) in [7, 11) is 3.54. The molecule has 0 bridgehead atoms. The van der Waals surface area contributed by atoms with Gasteiger partial charge in [0.05, 0.1) is 29.5 Å². The molecule has 4 rings (SSSR count). The van der Waals surface area contributed by atoms with Gasteiger partial charge in [-0.1, -0.05) is 11.6 Å². The van der Waals surface area contributed by atoms with Crippen molar-refractivity contribution in [1.82, 2.24) is 24.9 Å². The van der Waals surface area contributed by atoms with E-state index in [2.05, 4.69) is 10.3 Å². The Kier molecular flexibility index (Phi) is 8.66. The van der Waals surface area contributed by atoms with Gasteiger partial charge in [0.15, 0.2) is 0 Å². The standard InChI is InChI=1S/C27H39N5O5/c1-17(2)36-26(33)20-10-7-11-21(14-20)37-24-13-12-22(28-18(24)3)25-23(32(5)30-29-25)16-35-27(34)31(4)15-19-8-6-9-19/h12-13,17,19-21H,6-11,14-16H2,1-5H3/t20-,21-/m0/s1. The van der Waals surface area contributed by atoms with E-state index in [1.165, 1.54) is 19.3 Å². The van der Waals surface area contributed by atoms with Crippen LogP contribution in [0, 0.1) is 18.8 Å². The van der Waals surface area contributed by atoms with Crippen LogP contribution in [0.2, 0.25) is 0 Å². The Balaban J connectivity index is 1.38. The van der Waals surface area contributed by atoms with Crippen molar-refractivity contribution in [2.45, 2.75) is 84.5 Å². The lowest BCUT2D eigenvalue weighted by Gasteiger charge is -2.29. The van der Waals surface area contributed by atoms with Gasteiger partial charge in [-0.05, 0) is 77.3 Å². The molecule has 10 heteroatoms. The summed E-state index contributed by atoms with van der Waals surface area (Å²) in [6.07, 6.45) is 6.33. The minimum absolute atomic E-state index is 0.0571. The summed E-state index contributed by atoms with van der Waals surface area (Å²) in [5.41, 5.74) is 2.59. The van der Waals surface area contributed by atoms with Crippen molar-refractivity contribution in [3.63, 3.8) is 0 Å². The van der Waals surface area contributed by atoms with Crippen LogP contribution >= 0.6 is 0 Å². The fourth-order valence-electron chi connectivity index (χ4n) is 4.89. The first-order chi connectivity index (χ1) is 17.7. The van der Waals surface area contributed by atoms with E-state index < -0.39 is 0 Å². The van der Waals surface area contributed by atoms with E-state index in [1.807, 2.05) is 32.9 Å². The summed E-state index contributed by atoms with van der Waals surface area (Å²) in [4.78, 5) is 31.2. The Bertz CT molecular complexity index is 1100. The van der Waals surface area contributed by atoms with E-state index >= 15 is 0 Å². The largest absolute Gasteiger partial charge is 0.489 e. The fraction of sp³-hybridized carbons (Fsp3) is 0.667. The van der Waals surface area contributed by atoms with Crippen LogP contribution < -0.4 is 4.74 Å². The second kappa shape index (κ2) is 11.9. The maximum absolute atomic E-state index is 12.5. The SMILES string of the molecule is Cc1nc(-c2nnn(C)c2COC(=O)N(C)CC2CCC2)ccc1O[C@H]1CCC[C@H](C(=O)OC(C)C)C1. The van der Waals surface area contributed by atoms with E-state index in [9.17, 15) is 9.59 Å². The first-order valence-corrected chi connectivity index (χ1v) is 13.3. The van der Waals surface area contributed by atoms with Crippen LogP contribution in [0.5, 0.6) is 5.75 Å². The molecule has 202 valence electrons. The molecule has 2 heterocycles. The minimum Gasteiger partial charge on any atom is -0.489 e. The zero-order valence-corrected chi connectivity index (χ0v) is 22.6. The average molecular weight is 514 g/mol. The Hall–Kier alpha value is -3.17. The molecule has 0 spiro atoms. The molecule has 0 aromatic carbocycles. The van der Waals surface area contributed by atoms with Crippen molar-refractivity contribution < 1.29 is 23.8 Å². The highest BCUT2D eigenvalue weighted by Gasteiger charge is 2.30. The van der Waals surface area contributed by atoms with Crippen LogP contribution in [0.4, 0.5) is 4.79 Å². The van der Waals surface area contributed by atoms with E-state index in [-0.39, 0.29) is 36.8 Å². The van der Waals surface area contributed by atoms with Crippen molar-refractivity contribution in [3.05, 3.63) is 23.5 Å². The molecule has 0 saturated heterocycles. The molecule has 2 fully saturated rings. The van der Waals surface area contributed by atoms with Crippen LogP contribution in [0.3, 0.4) is 0 Å². The number of esters is 1. The first-order valence-electron chi connectivity index (χ1n) is 13.3. The topological polar surface area (TPSA) is 109 Å². The lowest BCUT2D eigenvalue weighted by molar-refractivity contribution is -0.154. The summed E-state index contributed by atoms with van der Waals surface area (Å²) < 4.78 is 18.8. The van der Waals surface area contributed by atoms with Gasteiger partial charge >= 0.3 is 12.1 Å². The summed E-state index contributed by atoms with van der Waals surface area (Å²) in [5.74, 6) is 0.985. The van der Waals surface area contributed by atoms with Crippen LogP contribution in [0.25, 0.3) is 11.4 Å². The second-order valence-electron chi connectivity index (χ2n) is 10.6. The van der Waals surface area contributed by atoms with Gasteiger partial charge in [0.25, 0.3) is 0 Å². The molecular weight excluding hydrogens is 474 g/mol. The van der Waals surface area contributed by atoms with E-state index in [0.29, 0.717) is 35.2 Å². The monoisotopic (exact) mass is 513 g/mol. The number of aromatic nitrogens is 4. The molecule has 0 aliphatic heterocycles. The third-order valence-electron chi connectivity index (χ3n) is 7.23. The molecular formula is C27H39N5O5. The van der Waals surface area contributed by atoms with Crippen LogP contribution in [0.1, 0.15) is 70.2 Å². The molecule has 10 nitrogen and oxygen atoms in total. The lowest BCUT2D eigenvalue weighted by Crippen LogP contribution is -2.34. The highest BCUT2D eigenvalue weighted by molar-refractivity contribution is 5.72. The summed E-state index contributed by atoms with van der Waals surface area (Å²) >= 11 is 0. The Morgan fingerprint density at radius 3 is 2.59 bits per heavy atom. The molecule has 37 heavy (non-hydrogen) atoms. The number of aryl methyl sites for hydroxylation is 2. The van der Waals surface area contributed by atoms with Gasteiger partial charge in [-0.3, -0.25) is 4.79 Å². The predicted octanol–water partition coefficient (Wildman–Crippen LogP) is 4.44. The van der Waals surface area contributed by atoms with Crippen molar-refractivity contribution in [3.8, 4) is 17.1 Å². The number of amides is 1. The molecule has 2 atom stereocenters. The Morgan fingerprint density at radius 1 is 1.16 bits per heavy atom. The van der Waals surface area contributed by atoms with E-state index in [0.717, 1.165) is 31.5 Å². The molecule has 0 unspecified atom stereocenters. The molecule has 2 aliphatic carbocycles. The normalized spacial score (nSPS) is 19.8. The summed E-state index contributed by atoms with van der Waals surface area (Å²) in [6, 6.07) is 3.72. The van der Waals surface area contributed by atoms with Gasteiger partial charge < -0.3 is 19.1 Å². The van der Waals surface area contributed by atoms with E-state index in [4.69, 9.17) is 19.2 Å². The Morgan fingerprint density at radius 2 is 1.92 bits per heavy atom. The highest BCUT2D eigenvalue weighted by Crippen LogP contribution is 2.31. The quantitative estimate of drug-likeness (QED) is 0.453. The summed E-state index contributed by atoms with van der Waals surface area (Å²) in [5, 5.41) is 8.40. The first kappa shape index (κ1) is 26.9. The number of pyridine rings is 1. The minimum atomic E-state index is -0.352. The van der Waals surface area contributed by atoms with Gasteiger partial charge in [0.1, 0.15) is 23.7 Å². The van der Waals surface area contributed by atoms with Crippen molar-refractivity contribution in [2.75, 3.05) is 13.6 Å². The number of rotatable bonds is 9. The maximum atomic E-state index is 12.5. The van der Waals surface area contributed by atoms with Gasteiger partial charge in [-0.2, -0.15) is 0 Å². The van der Waals surface area contributed by atoms with Crippen molar-refractivity contribution >= 4 is 12.1 Å². The number of carbonyl (C=O) groups is 2. The van der Waals surface area contributed by atoms with Crippen molar-refractivity contribution in [2.24, 2.45) is 18.9 Å². The third-order valence-corrected chi connectivity index (χ3v) is 7.23. The molecule has 2 saturated carbocycles. The molecule has 2 aromatic heterocycles. The van der Waals surface area contributed by atoms with Gasteiger partial charge in [0.2, 0.25) is 0 Å². The summed E-state index contributed by atoms with van der Waals surface area (Å²) in [6.45, 7) is 6.40. The fourth-order valence-corrected chi connectivity index (χ4v) is 4.89. The molecule has 2 aromatic rings. The molecule has 2 aliphatic rings. The number of ether oxygens (including phenoxy) is 3. The zero-order chi connectivity index (χ0) is 26.5. The predicted molar refractivity (Wildman–Crippen MR) is 137 cm³/mol. The molecule has 1 amide bonds. The average Bonchev–Trinajstić information content (AvgIpc) is 3.20. The number of hydrogen-bond acceptors (Lipinski definition) is 8. The van der Waals surface area contributed by atoms with Crippen LogP contribution in [0.15, 0.2) is 12.1 Å². The molecule has 0 N–H and O–H groups in total. The van der Waals surface area contributed by atoms with Crippen LogP contribution in [-0.2, 0) is 27.9 Å². The smallest absolute Gasteiger partial charge is 0.409 e. The second-order valence-corrected chi connectivity index (χ2v) is 10.6. The van der Waals surface area contributed by atoms with Gasteiger partial charge in [0, 0.05) is 20.6 Å². The number of hydrogen-bond donors (Lipinski definition) is 0. The zero-order valence-electron chi connectivity index (χ0n) is 22.6. The van der Waals surface area contributed by atoms with Crippen LogP contribution in [-0.4, -0.2) is 62.7 Å². The van der Waals surface area contributed by atoms with Crippen molar-refractivity contribution in [1.29, 1.82) is 0 Å². The molecule has 0 radical (unpaired) electrons.